The summed E-state index contributed by atoms with van der Waals surface area (Å²) in [5, 5.41) is 0. The van der Waals surface area contributed by atoms with Crippen molar-refractivity contribution in [1.82, 2.24) is 9.80 Å². The van der Waals surface area contributed by atoms with Crippen LogP contribution in [0.5, 0.6) is 0 Å². The molecule has 0 saturated carbocycles. The largest absolute Gasteiger partial charge is 0.469 e. The number of rotatable bonds is 5. The molecule has 0 aromatic heterocycles. The quantitative estimate of drug-likeness (QED) is 0.446. The number of hydrogen-bond acceptors (Lipinski definition) is 6. The van der Waals surface area contributed by atoms with Crippen LogP contribution in [0.1, 0.15) is 6.42 Å². The molecular weight excluding hydrogens is 212 g/mol. The highest BCUT2D eigenvalue weighted by Gasteiger charge is 2.58. The van der Waals surface area contributed by atoms with Crippen LogP contribution >= 0.6 is 0 Å². The van der Waals surface area contributed by atoms with E-state index in [1.807, 2.05) is 9.80 Å². The van der Waals surface area contributed by atoms with Crippen LogP contribution in [0.15, 0.2) is 0 Å². The summed E-state index contributed by atoms with van der Waals surface area (Å²) >= 11 is 0. The molecule has 90 valence electrons. The summed E-state index contributed by atoms with van der Waals surface area (Å²) in [6.07, 6.45) is 0.0379. The Morgan fingerprint density at radius 3 is 1.88 bits per heavy atom. The molecule has 0 spiro atoms. The van der Waals surface area contributed by atoms with Crippen LogP contribution in [0.4, 0.5) is 0 Å². The maximum Gasteiger partial charge on any atom is 0.342 e. The van der Waals surface area contributed by atoms with Gasteiger partial charge in [-0.3, -0.25) is 14.6 Å². The van der Waals surface area contributed by atoms with Gasteiger partial charge in [0.1, 0.15) is 0 Å². The minimum Gasteiger partial charge on any atom is -0.469 e. The Bertz CT molecular complexity index is 298. The number of carbonyl (C=O) groups excluding carboxylic acids is 2. The summed E-state index contributed by atoms with van der Waals surface area (Å²) in [6.45, 7) is 3.29. The van der Waals surface area contributed by atoms with Gasteiger partial charge in [-0.1, -0.05) is 0 Å². The normalized spacial score (nSPS) is 20.4. The average molecular weight is 228 g/mol. The van der Waals surface area contributed by atoms with E-state index in [1.54, 1.807) is 0 Å². The molecule has 2 aliphatic heterocycles. The highest BCUT2D eigenvalue weighted by molar-refractivity contribution is 5.87. The van der Waals surface area contributed by atoms with Crippen LogP contribution in [0.2, 0.25) is 0 Å². The van der Waals surface area contributed by atoms with Crippen molar-refractivity contribution in [2.75, 3.05) is 40.4 Å². The van der Waals surface area contributed by atoms with Gasteiger partial charge >= 0.3 is 11.9 Å². The molecule has 0 aromatic carbocycles. The van der Waals surface area contributed by atoms with E-state index in [4.69, 9.17) is 4.74 Å². The zero-order valence-electron chi connectivity index (χ0n) is 9.56. The van der Waals surface area contributed by atoms with Gasteiger partial charge in [0, 0.05) is 26.2 Å². The molecule has 0 amide bonds. The van der Waals surface area contributed by atoms with Crippen LogP contribution in [-0.4, -0.2) is 67.8 Å². The van der Waals surface area contributed by atoms with Crippen molar-refractivity contribution in [3.05, 3.63) is 0 Å². The van der Waals surface area contributed by atoms with Crippen molar-refractivity contribution in [1.29, 1.82) is 0 Å². The maximum atomic E-state index is 11.9. The number of nitrogens with zero attached hydrogens (tertiary/aromatic N) is 2. The van der Waals surface area contributed by atoms with Gasteiger partial charge in [0.15, 0.2) is 5.66 Å². The number of carbonyl (C=O) groups is 2. The van der Waals surface area contributed by atoms with Crippen molar-refractivity contribution >= 4 is 11.9 Å². The van der Waals surface area contributed by atoms with Crippen molar-refractivity contribution < 1.29 is 19.1 Å². The summed E-state index contributed by atoms with van der Waals surface area (Å²) in [7, 11) is 2.68. The van der Waals surface area contributed by atoms with E-state index >= 15 is 0 Å². The first-order valence-electron chi connectivity index (χ1n) is 5.30. The number of ether oxygens (including phenoxy) is 2. The zero-order chi connectivity index (χ0) is 11.8. The lowest BCUT2D eigenvalue weighted by Crippen LogP contribution is -2.55. The Labute approximate surface area is 94.1 Å². The van der Waals surface area contributed by atoms with E-state index < -0.39 is 5.66 Å². The molecule has 2 fully saturated rings. The van der Waals surface area contributed by atoms with Gasteiger partial charge in [0.05, 0.1) is 20.6 Å². The molecule has 2 aliphatic rings. The predicted molar refractivity (Wildman–Crippen MR) is 54.5 cm³/mol. The molecular formula is C10H16N2O4. The molecule has 0 unspecified atom stereocenters. The lowest BCUT2D eigenvalue weighted by Gasteiger charge is -2.32. The second-order valence-corrected chi connectivity index (χ2v) is 4.04. The fraction of sp³-hybridized carbons (Fsp3) is 0.800. The molecule has 0 radical (unpaired) electrons. The minimum atomic E-state index is -0.915. The summed E-state index contributed by atoms with van der Waals surface area (Å²) in [4.78, 5) is 27.3. The van der Waals surface area contributed by atoms with Gasteiger partial charge in [0.25, 0.3) is 0 Å². The van der Waals surface area contributed by atoms with Gasteiger partial charge in [-0.15, -0.1) is 0 Å². The molecule has 0 aliphatic carbocycles. The Morgan fingerprint density at radius 2 is 1.56 bits per heavy atom. The van der Waals surface area contributed by atoms with E-state index in [0.717, 1.165) is 26.2 Å². The Hall–Kier alpha value is -1.14. The van der Waals surface area contributed by atoms with E-state index in [2.05, 4.69) is 4.74 Å². The molecule has 2 heterocycles. The standard InChI is InChI=1S/C10H16N2O4/c1-15-8(13)7-10(9(14)16-2,11-3-4-11)12-5-6-12/h3-7H2,1-2H3. The molecule has 0 N–H and O–H groups in total. The predicted octanol–water partition coefficient (Wildman–Crippen LogP) is -0.950. The van der Waals surface area contributed by atoms with E-state index in [9.17, 15) is 9.59 Å². The van der Waals surface area contributed by atoms with Gasteiger partial charge in [0.2, 0.25) is 0 Å². The summed E-state index contributed by atoms with van der Waals surface area (Å²) in [6, 6.07) is 0. The van der Waals surface area contributed by atoms with Gasteiger partial charge < -0.3 is 9.47 Å². The van der Waals surface area contributed by atoms with Crippen LogP contribution in [0, 0.1) is 0 Å². The zero-order valence-corrected chi connectivity index (χ0v) is 9.56. The lowest BCUT2D eigenvalue weighted by molar-refractivity contribution is -0.165. The topological polar surface area (TPSA) is 58.6 Å². The molecule has 0 bridgehead atoms. The summed E-state index contributed by atoms with van der Waals surface area (Å²) in [5.74, 6) is -0.753. The highest BCUT2D eigenvalue weighted by atomic mass is 16.5. The van der Waals surface area contributed by atoms with E-state index in [-0.39, 0.29) is 18.4 Å². The molecule has 2 rings (SSSR count). The Morgan fingerprint density at radius 1 is 1.06 bits per heavy atom. The number of methoxy groups -OCH3 is 2. The smallest absolute Gasteiger partial charge is 0.342 e. The fourth-order valence-corrected chi connectivity index (χ4v) is 2.03. The minimum absolute atomic E-state index is 0.0379. The molecule has 6 nitrogen and oxygen atoms in total. The molecule has 0 aromatic rings. The third-order valence-electron chi connectivity index (χ3n) is 3.07. The second kappa shape index (κ2) is 4.03. The monoisotopic (exact) mass is 228 g/mol. The molecule has 16 heavy (non-hydrogen) atoms. The van der Waals surface area contributed by atoms with Crippen molar-refractivity contribution in [3.8, 4) is 0 Å². The highest BCUT2D eigenvalue weighted by Crippen LogP contribution is 2.36. The van der Waals surface area contributed by atoms with Crippen LogP contribution < -0.4 is 0 Å². The fourth-order valence-electron chi connectivity index (χ4n) is 2.03. The Balaban J connectivity index is 2.21. The first-order valence-corrected chi connectivity index (χ1v) is 5.30. The van der Waals surface area contributed by atoms with E-state index in [0.29, 0.717) is 0 Å². The third-order valence-corrected chi connectivity index (χ3v) is 3.07. The maximum absolute atomic E-state index is 11.9. The number of esters is 2. The number of hydrogen-bond donors (Lipinski definition) is 0. The van der Waals surface area contributed by atoms with Crippen LogP contribution in [0.25, 0.3) is 0 Å². The van der Waals surface area contributed by atoms with Crippen molar-refractivity contribution in [3.63, 3.8) is 0 Å². The van der Waals surface area contributed by atoms with Gasteiger partial charge in [-0.2, -0.15) is 0 Å². The molecule has 2 saturated heterocycles. The second-order valence-electron chi connectivity index (χ2n) is 4.04. The van der Waals surface area contributed by atoms with Gasteiger partial charge in [-0.05, 0) is 0 Å². The first-order chi connectivity index (χ1) is 7.65. The molecule has 6 heteroatoms. The Kier molecular flexibility index (Phi) is 2.86. The first kappa shape index (κ1) is 11.3. The molecule has 0 atom stereocenters. The lowest BCUT2D eigenvalue weighted by atomic mass is 10.1. The average Bonchev–Trinajstić information content (AvgIpc) is 3.15. The van der Waals surface area contributed by atoms with Crippen molar-refractivity contribution in [2.45, 2.75) is 12.1 Å². The van der Waals surface area contributed by atoms with E-state index in [1.165, 1.54) is 14.2 Å². The third kappa shape index (κ3) is 1.78. The van der Waals surface area contributed by atoms with Gasteiger partial charge in [-0.25, -0.2) is 4.79 Å². The summed E-state index contributed by atoms with van der Waals surface area (Å²) < 4.78 is 9.49. The van der Waals surface area contributed by atoms with Crippen LogP contribution in [0.3, 0.4) is 0 Å². The van der Waals surface area contributed by atoms with Crippen LogP contribution in [-0.2, 0) is 19.1 Å². The van der Waals surface area contributed by atoms with Crippen molar-refractivity contribution in [2.24, 2.45) is 0 Å². The SMILES string of the molecule is COC(=O)CC(C(=O)OC)(N1CC1)N1CC1. The summed E-state index contributed by atoms with van der Waals surface area (Å²) in [5.41, 5.74) is -0.915.